The Balaban J connectivity index is 1.68. The summed E-state index contributed by atoms with van der Waals surface area (Å²) in [5, 5.41) is 17.9. The van der Waals surface area contributed by atoms with Gasteiger partial charge in [-0.15, -0.1) is 0 Å². The Morgan fingerprint density at radius 3 is 2.60 bits per heavy atom. The molecule has 6 heteroatoms. The van der Waals surface area contributed by atoms with Crippen molar-refractivity contribution >= 4 is 22.6 Å². The van der Waals surface area contributed by atoms with E-state index in [-0.39, 0.29) is 12.3 Å². The summed E-state index contributed by atoms with van der Waals surface area (Å²) in [4.78, 5) is 23.5. The highest BCUT2D eigenvalue weighted by atomic mass is 16.5. The van der Waals surface area contributed by atoms with Gasteiger partial charge in [0.15, 0.2) is 0 Å². The monoisotopic (exact) mass is 338 g/mol. The number of carbonyl (C=O) groups excluding carboxylic acids is 1. The van der Waals surface area contributed by atoms with Gasteiger partial charge in [0.2, 0.25) is 5.76 Å². The molecular weight excluding hydrogens is 320 g/mol. The van der Waals surface area contributed by atoms with E-state index in [1.165, 1.54) is 6.07 Å². The molecule has 0 bridgehead atoms. The molecule has 0 spiro atoms. The third-order valence-electron chi connectivity index (χ3n) is 4.01. The first-order valence-electron chi connectivity index (χ1n) is 7.95. The maximum absolute atomic E-state index is 12.0. The lowest BCUT2D eigenvalue weighted by Gasteiger charge is -2.13. The average Bonchev–Trinajstić information content (AvgIpc) is 3.04. The number of nitrogens with one attached hydrogen (secondary N) is 1. The Hall–Kier alpha value is -3.15. The maximum atomic E-state index is 12.0. The Morgan fingerprint density at radius 2 is 1.92 bits per heavy atom. The molecule has 0 aliphatic rings. The number of carbonyl (C=O) groups is 2. The summed E-state index contributed by atoms with van der Waals surface area (Å²) in [5.41, 5.74) is 1.51. The lowest BCUT2D eigenvalue weighted by atomic mass is 9.97. The van der Waals surface area contributed by atoms with E-state index in [0.717, 1.165) is 16.3 Å². The van der Waals surface area contributed by atoms with Crippen LogP contribution in [0, 0.1) is 12.8 Å². The normalized spacial score (nSPS) is 12.0. The summed E-state index contributed by atoms with van der Waals surface area (Å²) < 4.78 is 4.88. The van der Waals surface area contributed by atoms with Crippen LogP contribution in [0.2, 0.25) is 0 Å². The lowest BCUT2D eigenvalue weighted by Crippen LogP contribution is -2.34. The molecule has 0 aliphatic heterocycles. The number of benzene rings is 2. The molecule has 6 nitrogen and oxygen atoms in total. The second-order valence-corrected chi connectivity index (χ2v) is 5.96. The van der Waals surface area contributed by atoms with Gasteiger partial charge in [0.05, 0.1) is 11.6 Å². The standard InChI is InChI=1S/C19H18N2O4/c1-12-8-17(25-21-12)18(22)20-11-16(19(23)24)10-13-6-7-14-4-2-3-5-15(14)9-13/h2-9,16H,10-11H2,1H3,(H,20,22)(H,23,24). The number of aromatic nitrogens is 1. The zero-order valence-corrected chi connectivity index (χ0v) is 13.7. The zero-order valence-electron chi connectivity index (χ0n) is 13.7. The van der Waals surface area contributed by atoms with Gasteiger partial charge in [-0.3, -0.25) is 9.59 Å². The molecule has 0 saturated heterocycles. The number of carboxylic acids is 1. The second-order valence-electron chi connectivity index (χ2n) is 5.96. The molecule has 0 aliphatic carbocycles. The van der Waals surface area contributed by atoms with Crippen LogP contribution in [0.15, 0.2) is 53.1 Å². The third-order valence-corrected chi connectivity index (χ3v) is 4.01. The van der Waals surface area contributed by atoms with E-state index >= 15 is 0 Å². The smallest absolute Gasteiger partial charge is 0.308 e. The van der Waals surface area contributed by atoms with Crippen molar-refractivity contribution in [2.24, 2.45) is 5.92 Å². The van der Waals surface area contributed by atoms with Gasteiger partial charge in [-0.1, -0.05) is 47.6 Å². The molecule has 1 unspecified atom stereocenters. The lowest BCUT2D eigenvalue weighted by molar-refractivity contribution is -0.141. The predicted octanol–water partition coefficient (Wildman–Crippen LogP) is 2.81. The highest BCUT2D eigenvalue weighted by Crippen LogP contribution is 2.18. The van der Waals surface area contributed by atoms with E-state index in [9.17, 15) is 14.7 Å². The van der Waals surface area contributed by atoms with Crippen molar-refractivity contribution in [2.75, 3.05) is 6.54 Å². The number of nitrogens with zero attached hydrogens (tertiary/aromatic N) is 1. The Labute approximate surface area is 144 Å². The van der Waals surface area contributed by atoms with Gasteiger partial charge in [0.25, 0.3) is 5.91 Å². The van der Waals surface area contributed by atoms with Crippen molar-refractivity contribution in [2.45, 2.75) is 13.3 Å². The van der Waals surface area contributed by atoms with Crippen molar-refractivity contribution in [3.63, 3.8) is 0 Å². The van der Waals surface area contributed by atoms with Crippen LogP contribution in [0.25, 0.3) is 10.8 Å². The third kappa shape index (κ3) is 4.03. The molecule has 25 heavy (non-hydrogen) atoms. The average molecular weight is 338 g/mol. The minimum absolute atomic E-state index is 0.0146. The Morgan fingerprint density at radius 1 is 1.16 bits per heavy atom. The van der Waals surface area contributed by atoms with Gasteiger partial charge >= 0.3 is 5.97 Å². The fourth-order valence-electron chi connectivity index (χ4n) is 2.67. The summed E-state index contributed by atoms with van der Waals surface area (Å²) in [6, 6.07) is 15.3. The second kappa shape index (κ2) is 7.17. The van der Waals surface area contributed by atoms with Crippen LogP contribution in [0.5, 0.6) is 0 Å². The molecule has 1 amide bonds. The number of rotatable bonds is 6. The van der Waals surface area contributed by atoms with Crippen molar-refractivity contribution in [3.8, 4) is 0 Å². The fourth-order valence-corrected chi connectivity index (χ4v) is 2.67. The van der Waals surface area contributed by atoms with E-state index in [1.807, 2.05) is 42.5 Å². The molecular formula is C19H18N2O4. The number of hydrogen-bond donors (Lipinski definition) is 2. The molecule has 0 radical (unpaired) electrons. The number of aliphatic carboxylic acids is 1. The number of carboxylic acid groups (broad SMARTS) is 1. The van der Waals surface area contributed by atoms with Crippen LogP contribution in [-0.4, -0.2) is 28.7 Å². The molecule has 1 aromatic heterocycles. The number of hydrogen-bond acceptors (Lipinski definition) is 4. The summed E-state index contributed by atoms with van der Waals surface area (Å²) in [6.45, 7) is 1.72. The molecule has 128 valence electrons. The van der Waals surface area contributed by atoms with Crippen LogP contribution in [0.1, 0.15) is 21.8 Å². The van der Waals surface area contributed by atoms with E-state index < -0.39 is 17.8 Å². The molecule has 2 aromatic carbocycles. The molecule has 0 saturated carbocycles. The van der Waals surface area contributed by atoms with Crippen molar-refractivity contribution in [3.05, 3.63) is 65.5 Å². The summed E-state index contributed by atoms with van der Waals surface area (Å²) in [6.07, 6.45) is 0.329. The predicted molar refractivity (Wildman–Crippen MR) is 92.4 cm³/mol. The van der Waals surface area contributed by atoms with Crippen LogP contribution in [0.4, 0.5) is 0 Å². The molecule has 3 aromatic rings. The van der Waals surface area contributed by atoms with Crippen LogP contribution < -0.4 is 5.32 Å². The molecule has 1 heterocycles. The molecule has 2 N–H and O–H groups in total. The van der Waals surface area contributed by atoms with Crippen LogP contribution in [-0.2, 0) is 11.2 Å². The first-order valence-corrected chi connectivity index (χ1v) is 7.95. The number of aryl methyl sites for hydroxylation is 1. The number of amides is 1. The summed E-state index contributed by atoms with van der Waals surface area (Å²) in [7, 11) is 0. The first kappa shape index (κ1) is 16.7. The van der Waals surface area contributed by atoms with Crippen molar-refractivity contribution in [1.29, 1.82) is 0 Å². The zero-order chi connectivity index (χ0) is 17.8. The SMILES string of the molecule is Cc1cc(C(=O)NCC(Cc2ccc3ccccc3c2)C(=O)O)on1. The molecule has 3 rings (SSSR count). The fraction of sp³-hybridized carbons (Fsp3) is 0.211. The molecule has 1 atom stereocenters. The quantitative estimate of drug-likeness (QED) is 0.721. The van der Waals surface area contributed by atoms with Gasteiger partial charge in [-0.2, -0.15) is 0 Å². The van der Waals surface area contributed by atoms with Gasteiger partial charge in [0, 0.05) is 12.6 Å². The number of fused-ring (bicyclic) bond motifs is 1. The Bertz CT molecular complexity index is 916. The van der Waals surface area contributed by atoms with E-state index in [2.05, 4.69) is 10.5 Å². The first-order chi connectivity index (χ1) is 12.0. The summed E-state index contributed by atoms with van der Waals surface area (Å²) >= 11 is 0. The topological polar surface area (TPSA) is 92.4 Å². The minimum Gasteiger partial charge on any atom is -0.481 e. The highest BCUT2D eigenvalue weighted by molar-refractivity contribution is 5.91. The van der Waals surface area contributed by atoms with E-state index in [0.29, 0.717) is 12.1 Å². The van der Waals surface area contributed by atoms with Gasteiger partial charge in [-0.25, -0.2) is 0 Å². The Kier molecular flexibility index (Phi) is 4.79. The van der Waals surface area contributed by atoms with Crippen molar-refractivity contribution < 1.29 is 19.2 Å². The van der Waals surface area contributed by atoms with Crippen LogP contribution in [0.3, 0.4) is 0 Å². The minimum atomic E-state index is -0.956. The summed E-state index contributed by atoms with van der Waals surface area (Å²) in [5.74, 6) is -2.07. The van der Waals surface area contributed by atoms with Gasteiger partial charge < -0.3 is 14.9 Å². The van der Waals surface area contributed by atoms with Gasteiger partial charge in [-0.05, 0) is 29.7 Å². The van der Waals surface area contributed by atoms with Gasteiger partial charge in [0.1, 0.15) is 0 Å². The highest BCUT2D eigenvalue weighted by Gasteiger charge is 2.20. The largest absolute Gasteiger partial charge is 0.481 e. The maximum Gasteiger partial charge on any atom is 0.308 e. The van der Waals surface area contributed by atoms with Crippen LogP contribution >= 0.6 is 0 Å². The van der Waals surface area contributed by atoms with Crippen molar-refractivity contribution in [1.82, 2.24) is 10.5 Å². The van der Waals surface area contributed by atoms with E-state index in [1.54, 1.807) is 6.92 Å². The van der Waals surface area contributed by atoms with E-state index in [4.69, 9.17) is 4.52 Å². The molecule has 0 fully saturated rings.